The zero-order chi connectivity index (χ0) is 11.5. The quantitative estimate of drug-likeness (QED) is 0.581. The van der Waals surface area contributed by atoms with Crippen LogP contribution in [0, 0.1) is 23.7 Å². The lowest BCUT2D eigenvalue weighted by atomic mass is 9.69. The largest absolute Gasteiger partial charge is 0.123 e. The summed E-state index contributed by atoms with van der Waals surface area (Å²) in [6.45, 7) is 4.72. The Morgan fingerprint density at radius 1 is 1.00 bits per heavy atom. The predicted molar refractivity (Wildman–Crippen MR) is 71.9 cm³/mol. The Balaban J connectivity index is 1.85. The number of rotatable bonds is 2. The van der Waals surface area contributed by atoms with Crippen LogP contribution in [0.15, 0.2) is 0 Å². The van der Waals surface area contributed by atoms with Crippen LogP contribution < -0.4 is 0 Å². The Bertz CT molecular complexity index is 205. The minimum absolute atomic E-state index is 0.483. The van der Waals surface area contributed by atoms with Crippen molar-refractivity contribution in [2.24, 2.45) is 23.7 Å². The second kappa shape index (κ2) is 5.76. The highest BCUT2D eigenvalue weighted by Crippen LogP contribution is 2.43. The van der Waals surface area contributed by atoms with Gasteiger partial charge in [0.2, 0.25) is 0 Å². The number of hydrogen-bond acceptors (Lipinski definition) is 0. The maximum absolute atomic E-state index is 6.63. The van der Waals surface area contributed by atoms with Crippen LogP contribution in [-0.2, 0) is 0 Å². The number of hydrogen-bond donors (Lipinski definition) is 0. The molecule has 1 heteroatoms. The van der Waals surface area contributed by atoms with Gasteiger partial charge in [-0.05, 0) is 49.4 Å². The summed E-state index contributed by atoms with van der Waals surface area (Å²) in [6, 6.07) is 0. The SMILES string of the molecule is CCC1CCC(C2CCC(C)CC2)C(Cl)C1. The van der Waals surface area contributed by atoms with E-state index in [9.17, 15) is 0 Å². The summed E-state index contributed by atoms with van der Waals surface area (Å²) in [5, 5.41) is 0.483. The molecule has 3 atom stereocenters. The van der Waals surface area contributed by atoms with Gasteiger partial charge in [-0.15, -0.1) is 11.6 Å². The fourth-order valence-corrected chi connectivity index (χ4v) is 4.42. The Labute approximate surface area is 106 Å². The van der Waals surface area contributed by atoms with Gasteiger partial charge in [0.05, 0.1) is 0 Å². The molecule has 0 aromatic carbocycles. The highest BCUT2D eigenvalue weighted by molar-refractivity contribution is 6.20. The molecule has 0 spiro atoms. The van der Waals surface area contributed by atoms with E-state index in [-0.39, 0.29) is 0 Å². The summed E-state index contributed by atoms with van der Waals surface area (Å²) in [5.74, 6) is 3.69. The van der Waals surface area contributed by atoms with E-state index in [1.807, 2.05) is 0 Å². The fourth-order valence-electron chi connectivity index (χ4n) is 3.84. The highest BCUT2D eigenvalue weighted by atomic mass is 35.5. The molecule has 2 fully saturated rings. The third-order valence-electron chi connectivity index (χ3n) is 5.17. The van der Waals surface area contributed by atoms with Gasteiger partial charge in [-0.3, -0.25) is 0 Å². The molecule has 0 aromatic rings. The summed E-state index contributed by atoms with van der Waals surface area (Å²) < 4.78 is 0. The first-order valence-corrected chi connectivity index (χ1v) is 7.78. The highest BCUT2D eigenvalue weighted by Gasteiger charge is 2.35. The molecule has 16 heavy (non-hydrogen) atoms. The van der Waals surface area contributed by atoms with E-state index in [4.69, 9.17) is 11.6 Å². The van der Waals surface area contributed by atoms with E-state index < -0.39 is 0 Å². The van der Waals surface area contributed by atoms with Gasteiger partial charge >= 0.3 is 0 Å². The van der Waals surface area contributed by atoms with Crippen LogP contribution >= 0.6 is 11.6 Å². The molecule has 0 nitrogen and oxygen atoms in total. The predicted octanol–water partition coefficient (Wildman–Crippen LogP) is 5.25. The van der Waals surface area contributed by atoms with Crippen LogP contribution in [0.1, 0.15) is 65.2 Å². The topological polar surface area (TPSA) is 0 Å². The van der Waals surface area contributed by atoms with E-state index in [2.05, 4.69) is 13.8 Å². The molecule has 0 heterocycles. The van der Waals surface area contributed by atoms with Crippen LogP contribution in [0.4, 0.5) is 0 Å². The molecular formula is C15H27Cl. The van der Waals surface area contributed by atoms with E-state index >= 15 is 0 Å². The Kier molecular flexibility index (Phi) is 4.58. The molecular weight excluding hydrogens is 216 g/mol. The molecule has 2 aliphatic carbocycles. The van der Waals surface area contributed by atoms with Crippen molar-refractivity contribution in [2.45, 2.75) is 70.6 Å². The summed E-state index contributed by atoms with van der Waals surface area (Å²) in [7, 11) is 0. The summed E-state index contributed by atoms with van der Waals surface area (Å²) in [4.78, 5) is 0. The standard InChI is InChI=1S/C15H27Cl/c1-3-12-6-9-14(15(16)10-12)13-7-4-11(2)5-8-13/h11-15H,3-10H2,1-2H3. The van der Waals surface area contributed by atoms with Crippen molar-refractivity contribution in [3.8, 4) is 0 Å². The monoisotopic (exact) mass is 242 g/mol. The van der Waals surface area contributed by atoms with Crippen LogP contribution in [0.3, 0.4) is 0 Å². The smallest absolute Gasteiger partial charge is 0.0369 e. The first-order chi connectivity index (χ1) is 7.70. The zero-order valence-electron chi connectivity index (χ0n) is 10.9. The molecule has 0 amide bonds. The lowest BCUT2D eigenvalue weighted by Gasteiger charge is -2.40. The van der Waals surface area contributed by atoms with Gasteiger partial charge in [-0.25, -0.2) is 0 Å². The van der Waals surface area contributed by atoms with Crippen LogP contribution in [0.25, 0.3) is 0 Å². The average Bonchev–Trinajstić information content (AvgIpc) is 2.30. The molecule has 3 unspecified atom stereocenters. The van der Waals surface area contributed by atoms with E-state index in [0.717, 1.165) is 23.7 Å². The van der Waals surface area contributed by atoms with Crippen molar-refractivity contribution in [1.82, 2.24) is 0 Å². The van der Waals surface area contributed by atoms with Crippen LogP contribution in [0.5, 0.6) is 0 Å². The second-order valence-electron chi connectivity index (χ2n) is 6.29. The normalized spacial score (nSPS) is 45.6. The maximum atomic E-state index is 6.63. The lowest BCUT2D eigenvalue weighted by Crippen LogP contribution is -2.33. The fraction of sp³-hybridized carbons (Fsp3) is 1.00. The summed E-state index contributed by atoms with van der Waals surface area (Å²) >= 11 is 6.63. The molecule has 0 aromatic heterocycles. The van der Waals surface area contributed by atoms with E-state index in [1.165, 1.54) is 51.4 Å². The van der Waals surface area contributed by atoms with Gasteiger partial charge in [0.1, 0.15) is 0 Å². The minimum Gasteiger partial charge on any atom is -0.123 e. The summed E-state index contributed by atoms with van der Waals surface area (Å²) in [6.07, 6.45) is 11.3. The van der Waals surface area contributed by atoms with Gasteiger partial charge in [0, 0.05) is 5.38 Å². The van der Waals surface area contributed by atoms with Crippen molar-refractivity contribution >= 4 is 11.6 Å². The van der Waals surface area contributed by atoms with Crippen molar-refractivity contribution in [3.05, 3.63) is 0 Å². The first-order valence-electron chi connectivity index (χ1n) is 7.34. The van der Waals surface area contributed by atoms with Crippen molar-refractivity contribution < 1.29 is 0 Å². The summed E-state index contributed by atoms with van der Waals surface area (Å²) in [5.41, 5.74) is 0. The van der Waals surface area contributed by atoms with Gasteiger partial charge in [0.25, 0.3) is 0 Å². The van der Waals surface area contributed by atoms with E-state index in [1.54, 1.807) is 0 Å². The Morgan fingerprint density at radius 2 is 1.69 bits per heavy atom. The maximum Gasteiger partial charge on any atom is 0.0369 e. The van der Waals surface area contributed by atoms with Gasteiger partial charge in [-0.2, -0.15) is 0 Å². The molecule has 2 saturated carbocycles. The molecule has 0 aliphatic heterocycles. The molecule has 0 radical (unpaired) electrons. The van der Waals surface area contributed by atoms with Gasteiger partial charge < -0.3 is 0 Å². The van der Waals surface area contributed by atoms with Crippen molar-refractivity contribution in [1.29, 1.82) is 0 Å². The molecule has 94 valence electrons. The average molecular weight is 243 g/mol. The zero-order valence-corrected chi connectivity index (χ0v) is 11.7. The molecule has 2 rings (SSSR count). The first kappa shape index (κ1) is 12.7. The van der Waals surface area contributed by atoms with Crippen LogP contribution in [0.2, 0.25) is 0 Å². The van der Waals surface area contributed by atoms with Crippen molar-refractivity contribution in [2.75, 3.05) is 0 Å². The lowest BCUT2D eigenvalue weighted by molar-refractivity contribution is 0.153. The number of alkyl halides is 1. The molecule has 0 N–H and O–H groups in total. The second-order valence-corrected chi connectivity index (χ2v) is 6.85. The molecule has 0 bridgehead atoms. The van der Waals surface area contributed by atoms with Crippen molar-refractivity contribution in [3.63, 3.8) is 0 Å². The Hall–Kier alpha value is 0.290. The third-order valence-corrected chi connectivity index (χ3v) is 5.68. The van der Waals surface area contributed by atoms with Crippen LogP contribution in [-0.4, -0.2) is 5.38 Å². The third kappa shape index (κ3) is 2.94. The Morgan fingerprint density at radius 3 is 2.25 bits per heavy atom. The molecule has 0 saturated heterocycles. The van der Waals surface area contributed by atoms with E-state index in [0.29, 0.717) is 5.38 Å². The number of halogens is 1. The molecule has 2 aliphatic rings. The van der Waals surface area contributed by atoms with Gasteiger partial charge in [0.15, 0.2) is 0 Å². The van der Waals surface area contributed by atoms with Gasteiger partial charge in [-0.1, -0.05) is 39.5 Å². The minimum atomic E-state index is 0.483.